The van der Waals surface area contributed by atoms with Gasteiger partial charge in [0.1, 0.15) is 16.4 Å². The second-order valence-corrected chi connectivity index (χ2v) is 4.62. The lowest BCUT2D eigenvalue weighted by Gasteiger charge is -2.02. The van der Waals surface area contributed by atoms with Crippen LogP contribution in [0, 0.1) is 0 Å². The summed E-state index contributed by atoms with van der Waals surface area (Å²) in [5.74, 6) is 5.87. The van der Waals surface area contributed by atoms with Gasteiger partial charge in [-0.2, -0.15) is 4.98 Å². The van der Waals surface area contributed by atoms with Gasteiger partial charge >= 0.3 is 0 Å². The lowest BCUT2D eigenvalue weighted by molar-refractivity contribution is 0.489. The van der Waals surface area contributed by atoms with E-state index < -0.39 is 0 Å². The van der Waals surface area contributed by atoms with Crippen molar-refractivity contribution in [2.45, 2.75) is 10.2 Å². The molecule has 0 spiro atoms. The smallest absolute Gasteiger partial charge is 0.263 e. The minimum absolute atomic E-state index is 0.133. The van der Waals surface area contributed by atoms with Crippen LogP contribution in [-0.4, -0.2) is 15.0 Å². The summed E-state index contributed by atoms with van der Waals surface area (Å²) in [5.41, 5.74) is 9.53. The number of fused-ring (bicyclic) bond motifs is 1. The third kappa shape index (κ3) is 2.44. The van der Waals surface area contributed by atoms with E-state index in [1.165, 1.54) is 11.8 Å². The number of para-hydroxylation sites is 2. The molecule has 0 aliphatic rings. The van der Waals surface area contributed by atoms with Gasteiger partial charge < -0.3 is 15.6 Å². The zero-order valence-electron chi connectivity index (χ0n) is 9.70. The van der Waals surface area contributed by atoms with Crippen molar-refractivity contribution in [1.82, 2.24) is 15.0 Å². The van der Waals surface area contributed by atoms with Crippen molar-refractivity contribution in [1.29, 1.82) is 0 Å². The summed E-state index contributed by atoms with van der Waals surface area (Å²) in [7, 11) is 0. The molecular formula is C11H10N6OS. The van der Waals surface area contributed by atoms with Crippen LogP contribution in [0.5, 0.6) is 0 Å². The number of nitrogens with two attached hydrogens (primary N) is 2. The molecule has 5 N–H and O–H groups in total. The molecule has 7 nitrogen and oxygen atoms in total. The van der Waals surface area contributed by atoms with Crippen LogP contribution in [0.1, 0.15) is 0 Å². The summed E-state index contributed by atoms with van der Waals surface area (Å²) in [4.78, 5) is 12.3. The zero-order valence-corrected chi connectivity index (χ0v) is 10.5. The molecule has 0 atom stereocenters. The third-order valence-corrected chi connectivity index (χ3v) is 3.10. The molecule has 1 aromatic carbocycles. The highest BCUT2D eigenvalue weighted by Crippen LogP contribution is 2.29. The van der Waals surface area contributed by atoms with Gasteiger partial charge in [0.25, 0.3) is 5.22 Å². The standard InChI is InChI=1S/C11H10N6OS/c12-10-15-8(17-13)5-9(16-10)19-11-14-6-3-1-2-4-7(6)18-11/h1-5H,13H2,(H3,12,15,16,17). The number of nitrogen functional groups attached to an aromatic ring is 2. The van der Waals surface area contributed by atoms with Crippen molar-refractivity contribution in [3.8, 4) is 0 Å². The van der Waals surface area contributed by atoms with Crippen LogP contribution in [0.25, 0.3) is 11.1 Å². The number of hydrazine groups is 1. The van der Waals surface area contributed by atoms with Gasteiger partial charge in [-0.15, -0.1) is 0 Å². The first-order chi connectivity index (χ1) is 9.24. The van der Waals surface area contributed by atoms with Crippen molar-refractivity contribution < 1.29 is 4.42 Å². The second-order valence-electron chi connectivity index (χ2n) is 3.64. The Labute approximate surface area is 112 Å². The number of hydrogen-bond acceptors (Lipinski definition) is 8. The van der Waals surface area contributed by atoms with E-state index in [9.17, 15) is 0 Å². The Morgan fingerprint density at radius 1 is 1.16 bits per heavy atom. The van der Waals surface area contributed by atoms with Gasteiger partial charge in [-0.05, 0) is 23.9 Å². The van der Waals surface area contributed by atoms with Gasteiger partial charge in [-0.1, -0.05) is 12.1 Å². The molecule has 0 aliphatic carbocycles. The first-order valence-electron chi connectivity index (χ1n) is 5.39. The number of benzene rings is 1. The molecule has 19 heavy (non-hydrogen) atoms. The average molecular weight is 274 g/mol. The first-order valence-corrected chi connectivity index (χ1v) is 6.21. The summed E-state index contributed by atoms with van der Waals surface area (Å²) in [5, 5.41) is 1.09. The van der Waals surface area contributed by atoms with Crippen molar-refractivity contribution in [3.05, 3.63) is 30.3 Å². The lowest BCUT2D eigenvalue weighted by atomic mass is 10.3. The van der Waals surface area contributed by atoms with Crippen molar-refractivity contribution >= 4 is 34.6 Å². The molecular weight excluding hydrogens is 264 g/mol. The number of nitrogens with zero attached hydrogens (tertiary/aromatic N) is 3. The van der Waals surface area contributed by atoms with Gasteiger partial charge in [0, 0.05) is 6.07 Å². The summed E-state index contributed by atoms with van der Waals surface area (Å²) in [6.45, 7) is 0. The molecule has 3 rings (SSSR count). The van der Waals surface area contributed by atoms with Crippen molar-refractivity contribution in [2.75, 3.05) is 11.2 Å². The number of oxazole rings is 1. The zero-order chi connectivity index (χ0) is 13.2. The van der Waals surface area contributed by atoms with E-state index in [0.29, 0.717) is 16.1 Å². The van der Waals surface area contributed by atoms with Crippen LogP contribution >= 0.6 is 11.8 Å². The van der Waals surface area contributed by atoms with E-state index in [1.807, 2.05) is 24.3 Å². The quantitative estimate of drug-likeness (QED) is 0.375. The number of rotatable bonds is 3. The molecule has 96 valence electrons. The normalized spacial score (nSPS) is 10.8. The maximum Gasteiger partial charge on any atom is 0.263 e. The monoisotopic (exact) mass is 274 g/mol. The predicted molar refractivity (Wildman–Crippen MR) is 72.4 cm³/mol. The van der Waals surface area contributed by atoms with Gasteiger partial charge in [0.15, 0.2) is 5.58 Å². The van der Waals surface area contributed by atoms with Crippen LogP contribution in [0.15, 0.2) is 45.0 Å². The highest BCUT2D eigenvalue weighted by atomic mass is 32.2. The van der Waals surface area contributed by atoms with Gasteiger partial charge in [-0.25, -0.2) is 15.8 Å². The Morgan fingerprint density at radius 2 is 2.00 bits per heavy atom. The van der Waals surface area contributed by atoms with E-state index in [4.69, 9.17) is 16.0 Å². The highest BCUT2D eigenvalue weighted by molar-refractivity contribution is 7.99. The van der Waals surface area contributed by atoms with E-state index in [1.54, 1.807) is 6.07 Å². The fourth-order valence-corrected chi connectivity index (χ4v) is 2.32. The van der Waals surface area contributed by atoms with E-state index >= 15 is 0 Å². The number of nitrogens with one attached hydrogen (secondary N) is 1. The molecule has 0 saturated carbocycles. The number of aromatic nitrogens is 3. The van der Waals surface area contributed by atoms with Crippen molar-refractivity contribution in [3.63, 3.8) is 0 Å². The molecule has 2 aromatic heterocycles. The van der Waals surface area contributed by atoms with Crippen LogP contribution in [-0.2, 0) is 0 Å². The molecule has 8 heteroatoms. The van der Waals surface area contributed by atoms with E-state index in [0.717, 1.165) is 11.1 Å². The number of hydrogen-bond donors (Lipinski definition) is 3. The Kier molecular flexibility index (Phi) is 2.94. The molecule has 0 aliphatic heterocycles. The van der Waals surface area contributed by atoms with Gasteiger partial charge in [0.2, 0.25) is 5.95 Å². The molecule has 3 aromatic rings. The largest absolute Gasteiger partial charge is 0.431 e. The summed E-state index contributed by atoms with van der Waals surface area (Å²) >= 11 is 1.25. The molecule has 0 fully saturated rings. The molecule has 2 heterocycles. The minimum atomic E-state index is 0.133. The first kappa shape index (κ1) is 11.8. The van der Waals surface area contributed by atoms with E-state index in [-0.39, 0.29) is 5.95 Å². The maximum atomic E-state index is 5.58. The Balaban J connectivity index is 1.94. The topological polar surface area (TPSA) is 116 Å². The van der Waals surface area contributed by atoms with Crippen LogP contribution < -0.4 is 17.0 Å². The SMILES string of the molecule is NNc1cc(Sc2nc3ccccc3o2)nc(N)n1. The highest BCUT2D eigenvalue weighted by Gasteiger charge is 2.09. The summed E-state index contributed by atoms with van der Waals surface area (Å²) in [6, 6.07) is 9.19. The van der Waals surface area contributed by atoms with Crippen LogP contribution in [0.3, 0.4) is 0 Å². The predicted octanol–water partition coefficient (Wildman–Crippen LogP) is 1.64. The average Bonchev–Trinajstić information content (AvgIpc) is 2.80. The molecule has 0 unspecified atom stereocenters. The number of anilines is 2. The Morgan fingerprint density at radius 3 is 2.79 bits per heavy atom. The fraction of sp³-hybridized carbons (Fsp3) is 0. The molecule has 0 amide bonds. The van der Waals surface area contributed by atoms with Crippen molar-refractivity contribution in [2.24, 2.45) is 5.84 Å². The maximum absolute atomic E-state index is 5.58. The van der Waals surface area contributed by atoms with Gasteiger partial charge in [-0.3, -0.25) is 0 Å². The Bertz CT molecular complexity index is 695. The fourth-order valence-electron chi connectivity index (χ4n) is 1.55. The summed E-state index contributed by atoms with van der Waals surface area (Å²) < 4.78 is 5.58. The van der Waals surface area contributed by atoms with E-state index in [2.05, 4.69) is 20.4 Å². The Hall–Kier alpha value is -2.32. The minimum Gasteiger partial charge on any atom is -0.431 e. The molecule has 0 saturated heterocycles. The summed E-state index contributed by atoms with van der Waals surface area (Å²) in [6.07, 6.45) is 0. The van der Waals surface area contributed by atoms with Crippen LogP contribution in [0.2, 0.25) is 0 Å². The van der Waals surface area contributed by atoms with Crippen LogP contribution in [0.4, 0.5) is 11.8 Å². The lowest BCUT2D eigenvalue weighted by Crippen LogP contribution is -2.10. The third-order valence-electron chi connectivity index (χ3n) is 2.33. The molecule has 0 bridgehead atoms. The second kappa shape index (κ2) is 4.75. The molecule has 0 radical (unpaired) electrons. The van der Waals surface area contributed by atoms with Gasteiger partial charge in [0.05, 0.1) is 0 Å².